The Bertz CT molecular complexity index is 890. The third kappa shape index (κ3) is 4.18. The van der Waals surface area contributed by atoms with E-state index in [-0.39, 0.29) is 35.2 Å². The Balaban J connectivity index is 2.45. The lowest BCUT2D eigenvalue weighted by molar-refractivity contribution is -0.384. The maximum Gasteiger partial charge on any atom is 0.326 e. The van der Waals surface area contributed by atoms with Gasteiger partial charge in [0.25, 0.3) is 11.6 Å². The third-order valence-electron chi connectivity index (χ3n) is 3.50. The number of nitro groups is 1. The van der Waals surface area contributed by atoms with Crippen LogP contribution in [-0.4, -0.2) is 46.6 Å². The first kappa shape index (κ1) is 18.1. The molecule has 132 valence electrons. The number of pyridine rings is 1. The summed E-state index contributed by atoms with van der Waals surface area (Å²) in [5.41, 5.74) is -0.767. The van der Waals surface area contributed by atoms with E-state index in [9.17, 15) is 24.5 Å². The van der Waals surface area contributed by atoms with Crippen LogP contribution in [0.15, 0.2) is 29.1 Å². The van der Waals surface area contributed by atoms with Crippen LogP contribution in [0.25, 0.3) is 10.9 Å². The summed E-state index contributed by atoms with van der Waals surface area (Å²) in [6.45, 7) is 0.110. The van der Waals surface area contributed by atoms with Crippen LogP contribution >= 0.6 is 0 Å². The van der Waals surface area contributed by atoms with Crippen LogP contribution in [0, 0.1) is 10.1 Å². The van der Waals surface area contributed by atoms with Gasteiger partial charge in [-0.05, 0) is 6.07 Å². The first-order valence-electron chi connectivity index (χ1n) is 7.17. The number of aliphatic carboxylic acids is 1. The number of H-pyrrole nitrogens is 1. The quantitative estimate of drug-likeness (QED) is 0.490. The van der Waals surface area contributed by atoms with Gasteiger partial charge in [0.2, 0.25) is 5.56 Å². The van der Waals surface area contributed by atoms with Crippen LogP contribution in [0.3, 0.4) is 0 Å². The van der Waals surface area contributed by atoms with Crippen molar-refractivity contribution in [2.45, 2.75) is 12.5 Å². The molecule has 1 atom stereocenters. The number of carboxylic acid groups (broad SMARTS) is 1. The lowest BCUT2D eigenvalue weighted by Crippen LogP contribution is -2.41. The van der Waals surface area contributed by atoms with Gasteiger partial charge in [-0.25, -0.2) is 4.79 Å². The molecule has 1 amide bonds. The zero-order valence-corrected chi connectivity index (χ0v) is 13.1. The molecule has 0 spiro atoms. The van der Waals surface area contributed by atoms with Gasteiger partial charge in [0.1, 0.15) is 6.04 Å². The molecule has 0 bridgehead atoms. The Hall–Kier alpha value is -3.27. The predicted octanol–water partition coefficient (Wildman–Crippen LogP) is 0.656. The highest BCUT2D eigenvalue weighted by atomic mass is 16.6. The smallest absolute Gasteiger partial charge is 0.326 e. The van der Waals surface area contributed by atoms with Gasteiger partial charge in [-0.1, -0.05) is 0 Å². The molecular weight excluding hydrogens is 334 g/mol. The number of methoxy groups -OCH3 is 1. The zero-order valence-electron chi connectivity index (χ0n) is 13.1. The van der Waals surface area contributed by atoms with Crippen molar-refractivity contribution in [3.63, 3.8) is 0 Å². The Morgan fingerprint density at radius 2 is 2.12 bits per heavy atom. The number of non-ortho nitro benzene ring substituents is 1. The summed E-state index contributed by atoms with van der Waals surface area (Å²) in [7, 11) is 1.39. The molecule has 1 unspecified atom stereocenters. The molecule has 3 N–H and O–H groups in total. The zero-order chi connectivity index (χ0) is 18.6. The first-order chi connectivity index (χ1) is 11.8. The summed E-state index contributed by atoms with van der Waals surface area (Å²) < 4.78 is 4.80. The van der Waals surface area contributed by atoms with E-state index < -0.39 is 28.4 Å². The lowest BCUT2D eigenvalue weighted by atomic mass is 10.1. The lowest BCUT2D eigenvalue weighted by Gasteiger charge is -2.14. The number of nitro benzene ring substituents is 1. The fraction of sp³-hybridized carbons (Fsp3) is 0.267. The largest absolute Gasteiger partial charge is 0.480 e. The number of amides is 1. The molecule has 25 heavy (non-hydrogen) atoms. The van der Waals surface area contributed by atoms with Crippen molar-refractivity contribution in [3.05, 3.63) is 50.3 Å². The second-order valence-electron chi connectivity index (χ2n) is 5.18. The topological polar surface area (TPSA) is 152 Å². The minimum absolute atomic E-state index is 0.0266. The van der Waals surface area contributed by atoms with Crippen molar-refractivity contribution >= 4 is 28.5 Å². The van der Waals surface area contributed by atoms with E-state index in [1.807, 2.05) is 0 Å². The summed E-state index contributed by atoms with van der Waals surface area (Å²) in [6.07, 6.45) is 0.0266. The molecule has 0 radical (unpaired) electrons. The number of carbonyl (C=O) groups excluding carboxylic acids is 1. The molecule has 10 heteroatoms. The molecule has 0 aliphatic heterocycles. The van der Waals surface area contributed by atoms with Crippen LogP contribution in [-0.2, 0) is 9.53 Å². The third-order valence-corrected chi connectivity index (χ3v) is 3.50. The number of hydrogen-bond acceptors (Lipinski definition) is 6. The van der Waals surface area contributed by atoms with Gasteiger partial charge in [-0.15, -0.1) is 0 Å². The number of carbonyl (C=O) groups is 2. The predicted molar refractivity (Wildman–Crippen MR) is 86.6 cm³/mol. The minimum atomic E-state index is -1.26. The Labute approximate surface area is 140 Å². The molecule has 0 saturated heterocycles. The van der Waals surface area contributed by atoms with Gasteiger partial charge >= 0.3 is 5.97 Å². The van der Waals surface area contributed by atoms with Crippen molar-refractivity contribution in [1.29, 1.82) is 0 Å². The van der Waals surface area contributed by atoms with E-state index in [4.69, 9.17) is 9.84 Å². The second kappa shape index (κ2) is 7.53. The highest BCUT2D eigenvalue weighted by Gasteiger charge is 2.22. The van der Waals surface area contributed by atoms with Crippen molar-refractivity contribution in [2.75, 3.05) is 13.7 Å². The van der Waals surface area contributed by atoms with Gasteiger partial charge in [0, 0.05) is 49.2 Å². The number of fused-ring (bicyclic) bond motifs is 1. The van der Waals surface area contributed by atoms with Crippen LogP contribution < -0.4 is 10.9 Å². The van der Waals surface area contributed by atoms with Crippen LogP contribution in [0.4, 0.5) is 5.69 Å². The fourth-order valence-corrected chi connectivity index (χ4v) is 2.27. The molecule has 10 nitrogen and oxygen atoms in total. The molecular formula is C15H15N3O7. The summed E-state index contributed by atoms with van der Waals surface area (Å²) in [5, 5.41) is 22.5. The average Bonchev–Trinajstić information content (AvgIpc) is 2.56. The number of benzene rings is 1. The van der Waals surface area contributed by atoms with Gasteiger partial charge in [-0.3, -0.25) is 19.7 Å². The average molecular weight is 349 g/mol. The van der Waals surface area contributed by atoms with Crippen LogP contribution in [0.2, 0.25) is 0 Å². The van der Waals surface area contributed by atoms with E-state index in [0.717, 1.165) is 12.1 Å². The number of nitrogens with zero attached hydrogens (tertiary/aromatic N) is 1. The number of aromatic amines is 1. The number of carboxylic acids is 1. The van der Waals surface area contributed by atoms with Crippen LogP contribution in [0.5, 0.6) is 0 Å². The van der Waals surface area contributed by atoms with Crippen molar-refractivity contribution < 1.29 is 24.4 Å². The monoisotopic (exact) mass is 349 g/mol. The maximum absolute atomic E-state index is 12.4. The Kier molecular flexibility index (Phi) is 5.45. The molecule has 1 aromatic carbocycles. The van der Waals surface area contributed by atoms with Gasteiger partial charge in [0.05, 0.1) is 10.5 Å². The Morgan fingerprint density at radius 1 is 1.40 bits per heavy atom. The summed E-state index contributed by atoms with van der Waals surface area (Å²) in [5.74, 6) is -2.08. The van der Waals surface area contributed by atoms with E-state index in [1.165, 1.54) is 19.2 Å². The highest BCUT2D eigenvalue weighted by molar-refractivity contribution is 6.07. The molecule has 1 aromatic heterocycles. The number of aromatic nitrogens is 1. The fourth-order valence-electron chi connectivity index (χ4n) is 2.27. The standard InChI is InChI=1S/C15H15N3O7/c1-25-5-4-12(15(21)22)17-14(20)10-7-13(19)16-11-3-2-8(18(23)24)6-9(10)11/h2-3,6-7,12H,4-5H2,1H3,(H,16,19)(H,17,20)(H,21,22). The molecule has 0 aliphatic rings. The second-order valence-corrected chi connectivity index (χ2v) is 5.18. The van der Waals surface area contributed by atoms with Crippen molar-refractivity contribution in [1.82, 2.24) is 10.3 Å². The van der Waals surface area contributed by atoms with Gasteiger partial charge in [0.15, 0.2) is 0 Å². The van der Waals surface area contributed by atoms with E-state index >= 15 is 0 Å². The van der Waals surface area contributed by atoms with E-state index in [1.54, 1.807) is 0 Å². The number of hydrogen-bond donors (Lipinski definition) is 3. The highest BCUT2D eigenvalue weighted by Crippen LogP contribution is 2.21. The molecule has 0 fully saturated rings. The molecule has 2 rings (SSSR count). The summed E-state index contributed by atoms with van der Waals surface area (Å²) in [4.78, 5) is 48.1. The van der Waals surface area contributed by atoms with E-state index in [0.29, 0.717) is 0 Å². The Morgan fingerprint density at radius 3 is 2.72 bits per heavy atom. The molecule has 0 aliphatic carbocycles. The van der Waals surface area contributed by atoms with E-state index in [2.05, 4.69) is 10.3 Å². The summed E-state index contributed by atoms with van der Waals surface area (Å²) >= 11 is 0. The minimum Gasteiger partial charge on any atom is -0.480 e. The number of rotatable bonds is 7. The molecule has 2 aromatic rings. The van der Waals surface area contributed by atoms with Crippen molar-refractivity contribution in [2.24, 2.45) is 0 Å². The SMILES string of the molecule is COCCC(NC(=O)c1cc(=O)[nH]c2ccc([N+](=O)[O-])cc12)C(=O)O. The number of ether oxygens (including phenoxy) is 1. The first-order valence-corrected chi connectivity index (χ1v) is 7.17. The summed E-state index contributed by atoms with van der Waals surface area (Å²) in [6, 6.07) is 3.39. The normalized spacial score (nSPS) is 11.9. The van der Waals surface area contributed by atoms with Gasteiger partial charge < -0.3 is 20.1 Å². The van der Waals surface area contributed by atoms with Crippen LogP contribution in [0.1, 0.15) is 16.8 Å². The molecule has 0 saturated carbocycles. The molecule has 1 heterocycles. The maximum atomic E-state index is 12.4. The van der Waals surface area contributed by atoms with Gasteiger partial charge in [-0.2, -0.15) is 0 Å². The number of nitrogens with one attached hydrogen (secondary N) is 2. The van der Waals surface area contributed by atoms with Crippen molar-refractivity contribution in [3.8, 4) is 0 Å².